The van der Waals surface area contributed by atoms with E-state index in [2.05, 4.69) is 32.3 Å². The minimum atomic E-state index is 0.695. The van der Waals surface area contributed by atoms with E-state index < -0.39 is 0 Å². The third kappa shape index (κ3) is 2.25. The lowest BCUT2D eigenvalue weighted by Crippen LogP contribution is -2.06. The molecule has 0 fully saturated rings. The van der Waals surface area contributed by atoms with Crippen molar-refractivity contribution in [3.8, 4) is 5.82 Å². The Morgan fingerprint density at radius 3 is 2.65 bits per heavy atom. The molecule has 90 valence electrons. The molecule has 2 rings (SSSR count). The Hall–Kier alpha value is -1.98. The number of nitrogens with zero attached hydrogens (tertiary/aromatic N) is 5. The Balaban J connectivity index is 2.47. The normalized spacial score (nSPS) is 10.5. The van der Waals surface area contributed by atoms with E-state index in [1.807, 2.05) is 14.0 Å². The highest BCUT2D eigenvalue weighted by molar-refractivity contribution is 5.35. The van der Waals surface area contributed by atoms with Gasteiger partial charge < -0.3 is 5.32 Å². The van der Waals surface area contributed by atoms with E-state index in [1.54, 1.807) is 17.1 Å². The zero-order valence-electron chi connectivity index (χ0n) is 10.3. The predicted molar refractivity (Wildman–Crippen MR) is 65.3 cm³/mol. The minimum Gasteiger partial charge on any atom is -0.372 e. The fourth-order valence-corrected chi connectivity index (χ4v) is 1.53. The predicted octanol–water partition coefficient (Wildman–Crippen LogP) is 1.22. The molecule has 0 atom stereocenters. The molecule has 0 bridgehead atoms. The van der Waals surface area contributed by atoms with Gasteiger partial charge in [0.2, 0.25) is 0 Å². The van der Waals surface area contributed by atoms with Crippen molar-refractivity contribution < 1.29 is 0 Å². The number of hydrogen-bond donors (Lipinski definition) is 1. The van der Waals surface area contributed by atoms with Gasteiger partial charge in [0.1, 0.15) is 11.6 Å². The summed E-state index contributed by atoms with van der Waals surface area (Å²) in [6, 6.07) is 0. The van der Waals surface area contributed by atoms with Crippen LogP contribution < -0.4 is 5.32 Å². The molecule has 2 aromatic heterocycles. The average Bonchev–Trinajstić information content (AvgIpc) is 2.82. The van der Waals surface area contributed by atoms with E-state index >= 15 is 0 Å². The standard InChI is InChI=1S/C11H16N6/c1-4-8-14-10(5-2)17(16-8)11-7-13-6-9(12-3)15-11/h6-7H,4-5H2,1-3H3,(H,12,15). The largest absolute Gasteiger partial charge is 0.372 e. The summed E-state index contributed by atoms with van der Waals surface area (Å²) >= 11 is 0. The Morgan fingerprint density at radius 1 is 1.18 bits per heavy atom. The first kappa shape index (κ1) is 11.5. The van der Waals surface area contributed by atoms with Gasteiger partial charge in [-0.05, 0) is 0 Å². The van der Waals surface area contributed by atoms with Crippen molar-refractivity contribution in [2.45, 2.75) is 26.7 Å². The van der Waals surface area contributed by atoms with Crippen molar-refractivity contribution in [3.05, 3.63) is 24.0 Å². The summed E-state index contributed by atoms with van der Waals surface area (Å²) in [6.45, 7) is 4.09. The van der Waals surface area contributed by atoms with Crippen molar-refractivity contribution in [2.75, 3.05) is 12.4 Å². The quantitative estimate of drug-likeness (QED) is 0.858. The van der Waals surface area contributed by atoms with Gasteiger partial charge in [0, 0.05) is 19.9 Å². The first-order chi connectivity index (χ1) is 8.28. The van der Waals surface area contributed by atoms with E-state index in [0.29, 0.717) is 5.82 Å². The smallest absolute Gasteiger partial charge is 0.176 e. The van der Waals surface area contributed by atoms with Gasteiger partial charge in [-0.2, -0.15) is 4.68 Å². The van der Waals surface area contributed by atoms with Crippen LogP contribution in [0.5, 0.6) is 0 Å². The molecule has 0 aliphatic carbocycles. The summed E-state index contributed by atoms with van der Waals surface area (Å²) in [6.07, 6.45) is 5.00. The van der Waals surface area contributed by atoms with E-state index in [9.17, 15) is 0 Å². The summed E-state index contributed by atoms with van der Waals surface area (Å²) < 4.78 is 1.76. The van der Waals surface area contributed by atoms with E-state index in [-0.39, 0.29) is 0 Å². The molecule has 2 heterocycles. The van der Waals surface area contributed by atoms with E-state index in [0.717, 1.165) is 30.3 Å². The van der Waals surface area contributed by atoms with Crippen LogP contribution in [0.3, 0.4) is 0 Å². The van der Waals surface area contributed by atoms with Gasteiger partial charge >= 0.3 is 0 Å². The molecule has 0 aliphatic heterocycles. The van der Waals surface area contributed by atoms with Crippen molar-refractivity contribution in [3.63, 3.8) is 0 Å². The summed E-state index contributed by atoms with van der Waals surface area (Å²) in [5.74, 6) is 3.15. The number of aryl methyl sites for hydroxylation is 2. The molecule has 0 aromatic carbocycles. The van der Waals surface area contributed by atoms with Crippen molar-refractivity contribution >= 4 is 5.82 Å². The zero-order chi connectivity index (χ0) is 12.3. The van der Waals surface area contributed by atoms with Gasteiger partial charge in [-0.3, -0.25) is 4.98 Å². The maximum absolute atomic E-state index is 4.44. The third-order valence-corrected chi connectivity index (χ3v) is 2.45. The maximum Gasteiger partial charge on any atom is 0.176 e. The molecule has 6 nitrogen and oxygen atoms in total. The van der Waals surface area contributed by atoms with Crippen LogP contribution in [0.1, 0.15) is 25.5 Å². The van der Waals surface area contributed by atoms with Gasteiger partial charge in [-0.1, -0.05) is 13.8 Å². The second-order valence-corrected chi connectivity index (χ2v) is 3.58. The number of hydrogen-bond acceptors (Lipinski definition) is 5. The van der Waals surface area contributed by atoms with Crippen LogP contribution in [0.2, 0.25) is 0 Å². The molecule has 0 radical (unpaired) electrons. The molecule has 6 heteroatoms. The summed E-state index contributed by atoms with van der Waals surface area (Å²) in [7, 11) is 1.81. The van der Waals surface area contributed by atoms with Gasteiger partial charge in [-0.15, -0.1) is 5.10 Å². The molecular weight excluding hydrogens is 216 g/mol. The molecule has 0 aliphatic rings. The van der Waals surface area contributed by atoms with Crippen LogP contribution in [0, 0.1) is 0 Å². The van der Waals surface area contributed by atoms with Gasteiger partial charge in [-0.25, -0.2) is 9.97 Å². The second kappa shape index (κ2) is 4.90. The Morgan fingerprint density at radius 2 is 2.00 bits per heavy atom. The van der Waals surface area contributed by atoms with Crippen LogP contribution >= 0.6 is 0 Å². The number of anilines is 1. The van der Waals surface area contributed by atoms with Crippen LogP contribution in [0.15, 0.2) is 12.4 Å². The van der Waals surface area contributed by atoms with Crippen LogP contribution in [0.25, 0.3) is 5.82 Å². The minimum absolute atomic E-state index is 0.695. The SMILES string of the molecule is CCc1nc(CC)n(-c2cncc(NC)n2)n1. The molecule has 2 aromatic rings. The fourth-order valence-electron chi connectivity index (χ4n) is 1.53. The van der Waals surface area contributed by atoms with Crippen LogP contribution in [-0.4, -0.2) is 31.8 Å². The summed E-state index contributed by atoms with van der Waals surface area (Å²) in [5.41, 5.74) is 0. The highest BCUT2D eigenvalue weighted by atomic mass is 15.4. The Bertz CT molecular complexity index is 504. The number of nitrogens with one attached hydrogen (secondary N) is 1. The van der Waals surface area contributed by atoms with Gasteiger partial charge in [0.15, 0.2) is 11.6 Å². The van der Waals surface area contributed by atoms with E-state index in [4.69, 9.17) is 0 Å². The molecule has 0 saturated carbocycles. The molecule has 0 amide bonds. The third-order valence-electron chi connectivity index (χ3n) is 2.45. The molecular formula is C11H16N6. The Kier molecular flexibility index (Phi) is 3.32. The number of rotatable bonds is 4. The topological polar surface area (TPSA) is 68.5 Å². The monoisotopic (exact) mass is 232 g/mol. The van der Waals surface area contributed by atoms with Gasteiger partial charge in [0.05, 0.1) is 12.4 Å². The Labute approximate surface area is 100 Å². The number of aromatic nitrogens is 5. The molecule has 1 N–H and O–H groups in total. The van der Waals surface area contributed by atoms with Crippen molar-refractivity contribution in [1.29, 1.82) is 0 Å². The second-order valence-electron chi connectivity index (χ2n) is 3.58. The fraction of sp³-hybridized carbons (Fsp3) is 0.455. The lowest BCUT2D eigenvalue weighted by molar-refractivity contribution is 0.765. The summed E-state index contributed by atoms with van der Waals surface area (Å²) in [4.78, 5) is 13.0. The molecule has 17 heavy (non-hydrogen) atoms. The molecule has 0 unspecified atom stereocenters. The average molecular weight is 232 g/mol. The van der Waals surface area contributed by atoms with Crippen molar-refractivity contribution in [2.24, 2.45) is 0 Å². The summed E-state index contributed by atoms with van der Waals surface area (Å²) in [5, 5.41) is 7.38. The lowest BCUT2D eigenvalue weighted by atomic mass is 10.4. The van der Waals surface area contributed by atoms with Crippen molar-refractivity contribution in [1.82, 2.24) is 24.7 Å². The molecule has 0 spiro atoms. The molecule has 0 saturated heterocycles. The van der Waals surface area contributed by atoms with E-state index in [1.165, 1.54) is 0 Å². The first-order valence-electron chi connectivity index (χ1n) is 5.73. The van der Waals surface area contributed by atoms with Crippen LogP contribution in [0.4, 0.5) is 5.82 Å². The first-order valence-corrected chi connectivity index (χ1v) is 5.73. The van der Waals surface area contributed by atoms with Gasteiger partial charge in [0.25, 0.3) is 0 Å². The zero-order valence-corrected chi connectivity index (χ0v) is 10.3. The van der Waals surface area contributed by atoms with Crippen LogP contribution in [-0.2, 0) is 12.8 Å². The maximum atomic E-state index is 4.44. The highest BCUT2D eigenvalue weighted by Gasteiger charge is 2.10. The lowest BCUT2D eigenvalue weighted by Gasteiger charge is -2.04. The highest BCUT2D eigenvalue weighted by Crippen LogP contribution is 2.10.